The second-order valence-corrected chi connectivity index (χ2v) is 6.78. The first kappa shape index (κ1) is 19.4. The van der Waals surface area contributed by atoms with Crippen molar-refractivity contribution in [1.29, 1.82) is 0 Å². The van der Waals surface area contributed by atoms with Crippen LogP contribution in [0.2, 0.25) is 0 Å². The molecule has 134 valence electrons. The molecule has 5 heteroatoms. The Hall–Kier alpha value is -1.88. The molecule has 1 aliphatic rings. The summed E-state index contributed by atoms with van der Waals surface area (Å²) in [6.45, 7) is 2.66. The fourth-order valence-electron chi connectivity index (χ4n) is 3.41. The minimum Gasteiger partial charge on any atom is -0.345 e. The first-order chi connectivity index (χ1) is 11.5. The summed E-state index contributed by atoms with van der Waals surface area (Å²) in [5.74, 6) is 0.412. The standard InChI is InChI=1S/C20H25N3O.ClH/c1-22(2)20(24)17-10-6-7-15(11-17)12-23-13-18(19(21)14-23)16-8-4-3-5-9-16;/h3-11,18-19H,12-14,21H2,1-2H3;1H/t18-,19+;/m0./s1. The summed E-state index contributed by atoms with van der Waals surface area (Å²) in [7, 11) is 3.55. The molecule has 1 heterocycles. The Morgan fingerprint density at radius 3 is 2.52 bits per heavy atom. The fourth-order valence-corrected chi connectivity index (χ4v) is 3.41. The molecule has 1 aliphatic heterocycles. The van der Waals surface area contributed by atoms with Crippen LogP contribution in [0, 0.1) is 0 Å². The number of amides is 1. The third-order valence-electron chi connectivity index (χ3n) is 4.65. The van der Waals surface area contributed by atoms with Crippen LogP contribution in [0.15, 0.2) is 54.6 Å². The van der Waals surface area contributed by atoms with Crippen LogP contribution in [0.3, 0.4) is 0 Å². The molecular formula is C20H26ClN3O. The average molecular weight is 360 g/mol. The lowest BCUT2D eigenvalue weighted by Gasteiger charge is -2.17. The molecule has 2 atom stereocenters. The van der Waals surface area contributed by atoms with Gasteiger partial charge in [0, 0.05) is 51.3 Å². The van der Waals surface area contributed by atoms with E-state index >= 15 is 0 Å². The van der Waals surface area contributed by atoms with Gasteiger partial charge in [-0.15, -0.1) is 12.4 Å². The van der Waals surface area contributed by atoms with Crippen molar-refractivity contribution in [2.45, 2.75) is 18.5 Å². The van der Waals surface area contributed by atoms with E-state index in [4.69, 9.17) is 5.73 Å². The largest absolute Gasteiger partial charge is 0.345 e. The molecule has 0 aliphatic carbocycles. The van der Waals surface area contributed by atoms with Crippen molar-refractivity contribution in [3.8, 4) is 0 Å². The van der Waals surface area contributed by atoms with Gasteiger partial charge >= 0.3 is 0 Å². The lowest BCUT2D eigenvalue weighted by Crippen LogP contribution is -2.28. The number of nitrogens with zero attached hydrogens (tertiary/aromatic N) is 2. The van der Waals surface area contributed by atoms with E-state index in [2.05, 4.69) is 35.2 Å². The second kappa shape index (κ2) is 8.48. The molecule has 0 bridgehead atoms. The van der Waals surface area contributed by atoms with E-state index in [0.29, 0.717) is 5.92 Å². The van der Waals surface area contributed by atoms with Crippen LogP contribution in [0.4, 0.5) is 0 Å². The molecule has 0 aromatic heterocycles. The van der Waals surface area contributed by atoms with Gasteiger partial charge in [-0.1, -0.05) is 42.5 Å². The minimum atomic E-state index is 0. The molecule has 1 fully saturated rings. The SMILES string of the molecule is CN(C)C(=O)c1cccc(CN2C[C@@H](N)[C@H](c3ccccc3)C2)c1.Cl. The smallest absolute Gasteiger partial charge is 0.253 e. The van der Waals surface area contributed by atoms with Gasteiger partial charge in [0.15, 0.2) is 0 Å². The molecule has 3 rings (SSSR count). The van der Waals surface area contributed by atoms with E-state index < -0.39 is 0 Å². The average Bonchev–Trinajstić information content (AvgIpc) is 2.95. The lowest BCUT2D eigenvalue weighted by molar-refractivity contribution is 0.0827. The van der Waals surface area contributed by atoms with E-state index in [9.17, 15) is 4.79 Å². The Balaban J connectivity index is 0.00000225. The van der Waals surface area contributed by atoms with Crippen molar-refractivity contribution in [2.24, 2.45) is 5.73 Å². The lowest BCUT2D eigenvalue weighted by atomic mass is 9.95. The van der Waals surface area contributed by atoms with Crippen molar-refractivity contribution >= 4 is 18.3 Å². The third kappa shape index (κ3) is 4.60. The number of carbonyl (C=O) groups excluding carboxylic acids is 1. The van der Waals surface area contributed by atoms with Gasteiger partial charge in [0.25, 0.3) is 5.91 Å². The molecule has 0 spiro atoms. The highest BCUT2D eigenvalue weighted by atomic mass is 35.5. The van der Waals surface area contributed by atoms with Gasteiger partial charge in [0.05, 0.1) is 0 Å². The zero-order valence-electron chi connectivity index (χ0n) is 14.8. The van der Waals surface area contributed by atoms with Crippen LogP contribution in [-0.2, 0) is 6.54 Å². The number of halogens is 1. The second-order valence-electron chi connectivity index (χ2n) is 6.78. The Morgan fingerprint density at radius 1 is 1.12 bits per heavy atom. The molecule has 1 amide bonds. The summed E-state index contributed by atoms with van der Waals surface area (Å²) < 4.78 is 0. The molecule has 0 unspecified atom stereocenters. The van der Waals surface area contributed by atoms with Crippen molar-refractivity contribution in [3.05, 3.63) is 71.3 Å². The predicted octanol–water partition coefficient (Wildman–Crippen LogP) is 2.74. The summed E-state index contributed by atoms with van der Waals surface area (Å²) in [6, 6.07) is 18.5. The van der Waals surface area contributed by atoms with Crippen LogP contribution in [0.1, 0.15) is 27.4 Å². The maximum absolute atomic E-state index is 12.1. The number of carbonyl (C=O) groups is 1. The molecule has 1 saturated heterocycles. The maximum atomic E-state index is 12.1. The van der Waals surface area contributed by atoms with Gasteiger partial charge in [0.1, 0.15) is 0 Å². The Bertz CT molecular complexity index is 705. The van der Waals surface area contributed by atoms with Crippen LogP contribution >= 0.6 is 12.4 Å². The number of rotatable bonds is 4. The Kier molecular flexibility index (Phi) is 6.59. The molecule has 4 nitrogen and oxygen atoms in total. The minimum absolute atomic E-state index is 0. The zero-order chi connectivity index (χ0) is 17.1. The van der Waals surface area contributed by atoms with E-state index in [1.54, 1.807) is 19.0 Å². The number of hydrogen-bond acceptors (Lipinski definition) is 3. The number of likely N-dealkylation sites (tertiary alicyclic amines) is 1. The highest BCUT2D eigenvalue weighted by Crippen LogP contribution is 2.27. The van der Waals surface area contributed by atoms with Crippen LogP contribution in [0.5, 0.6) is 0 Å². The van der Waals surface area contributed by atoms with E-state index in [-0.39, 0.29) is 24.4 Å². The molecular weight excluding hydrogens is 334 g/mol. The van der Waals surface area contributed by atoms with Crippen molar-refractivity contribution in [3.63, 3.8) is 0 Å². The number of nitrogens with two attached hydrogens (primary N) is 1. The Morgan fingerprint density at radius 2 is 1.84 bits per heavy atom. The van der Waals surface area contributed by atoms with Crippen molar-refractivity contribution in [1.82, 2.24) is 9.80 Å². The van der Waals surface area contributed by atoms with Gasteiger partial charge in [-0.25, -0.2) is 0 Å². The highest BCUT2D eigenvalue weighted by molar-refractivity contribution is 5.94. The molecule has 0 radical (unpaired) electrons. The Labute approximate surface area is 156 Å². The van der Waals surface area contributed by atoms with Crippen molar-refractivity contribution < 1.29 is 4.79 Å². The highest BCUT2D eigenvalue weighted by Gasteiger charge is 2.31. The van der Waals surface area contributed by atoms with E-state index in [0.717, 1.165) is 30.8 Å². The summed E-state index contributed by atoms with van der Waals surface area (Å²) in [6.07, 6.45) is 0. The summed E-state index contributed by atoms with van der Waals surface area (Å²) in [5, 5.41) is 0. The fraction of sp³-hybridized carbons (Fsp3) is 0.350. The summed E-state index contributed by atoms with van der Waals surface area (Å²) in [4.78, 5) is 16.1. The van der Waals surface area contributed by atoms with Gasteiger partial charge in [0.2, 0.25) is 0 Å². The topological polar surface area (TPSA) is 49.6 Å². The third-order valence-corrected chi connectivity index (χ3v) is 4.65. The first-order valence-electron chi connectivity index (χ1n) is 8.38. The molecule has 0 saturated carbocycles. The maximum Gasteiger partial charge on any atom is 0.253 e. The van der Waals surface area contributed by atoms with Gasteiger partial charge < -0.3 is 10.6 Å². The first-order valence-corrected chi connectivity index (χ1v) is 8.38. The van der Waals surface area contributed by atoms with Gasteiger partial charge in [-0.2, -0.15) is 0 Å². The predicted molar refractivity (Wildman–Crippen MR) is 104 cm³/mol. The quantitative estimate of drug-likeness (QED) is 0.913. The van der Waals surface area contributed by atoms with Crippen LogP contribution in [0.25, 0.3) is 0 Å². The molecule has 2 aromatic carbocycles. The molecule has 2 aromatic rings. The van der Waals surface area contributed by atoms with Crippen LogP contribution in [-0.4, -0.2) is 48.9 Å². The van der Waals surface area contributed by atoms with E-state index in [1.165, 1.54) is 5.56 Å². The van der Waals surface area contributed by atoms with Gasteiger partial charge in [-0.3, -0.25) is 9.69 Å². The molecule has 2 N–H and O–H groups in total. The normalized spacial score (nSPS) is 20.1. The summed E-state index contributed by atoms with van der Waals surface area (Å²) >= 11 is 0. The van der Waals surface area contributed by atoms with E-state index in [1.807, 2.05) is 24.3 Å². The number of hydrogen-bond donors (Lipinski definition) is 1. The summed E-state index contributed by atoms with van der Waals surface area (Å²) in [5.41, 5.74) is 9.57. The molecule has 25 heavy (non-hydrogen) atoms. The number of benzene rings is 2. The van der Waals surface area contributed by atoms with Crippen LogP contribution < -0.4 is 5.73 Å². The zero-order valence-corrected chi connectivity index (χ0v) is 15.6. The monoisotopic (exact) mass is 359 g/mol. The van der Waals surface area contributed by atoms with Crippen molar-refractivity contribution in [2.75, 3.05) is 27.2 Å². The van der Waals surface area contributed by atoms with Gasteiger partial charge in [-0.05, 0) is 23.3 Å².